The zero-order chi connectivity index (χ0) is 20.2. The summed E-state index contributed by atoms with van der Waals surface area (Å²) in [4.78, 5) is 24.7. The van der Waals surface area contributed by atoms with E-state index in [-0.39, 0.29) is 17.2 Å². The first-order valence-electron chi connectivity index (χ1n) is 9.41. The van der Waals surface area contributed by atoms with Crippen LogP contribution >= 0.6 is 11.6 Å². The van der Waals surface area contributed by atoms with Crippen molar-refractivity contribution in [3.05, 3.63) is 41.4 Å². The Balaban J connectivity index is 1.32. The molecular weight excluding hydrogens is 401 g/mol. The number of nitrogens with one attached hydrogen (secondary N) is 1. The first kappa shape index (κ1) is 19.7. The average molecular weight is 422 g/mol. The number of anilines is 2. The molecule has 29 heavy (non-hydrogen) atoms. The van der Waals surface area contributed by atoms with Crippen molar-refractivity contribution in [2.75, 3.05) is 49.6 Å². The van der Waals surface area contributed by atoms with Crippen LogP contribution in [-0.4, -0.2) is 66.4 Å². The minimum Gasteiger partial charge on any atom is -0.472 e. The molecule has 2 aromatic rings. The van der Waals surface area contributed by atoms with E-state index in [1.165, 1.54) is 24.5 Å². The van der Waals surface area contributed by atoms with Gasteiger partial charge in [0.15, 0.2) is 0 Å². The summed E-state index contributed by atoms with van der Waals surface area (Å²) in [6.07, 6.45) is 2.01. The third-order valence-corrected chi connectivity index (χ3v) is 5.14. The van der Waals surface area contributed by atoms with Gasteiger partial charge in [-0.1, -0.05) is 11.6 Å². The summed E-state index contributed by atoms with van der Waals surface area (Å²) in [5.41, 5.74) is 0.441. The average Bonchev–Trinajstić information content (AvgIpc) is 3.20. The summed E-state index contributed by atoms with van der Waals surface area (Å²) in [6.45, 7) is 3.88. The van der Waals surface area contributed by atoms with E-state index in [0.717, 1.165) is 18.9 Å². The highest BCUT2D eigenvalue weighted by Crippen LogP contribution is 2.23. The smallest absolute Gasteiger partial charge is 0.321 e. The molecule has 2 saturated heterocycles. The molecule has 1 aromatic heterocycles. The summed E-state index contributed by atoms with van der Waals surface area (Å²) in [5.74, 6) is 0.763. The molecular formula is C19H21ClFN5O3. The van der Waals surface area contributed by atoms with Gasteiger partial charge < -0.3 is 24.6 Å². The maximum atomic E-state index is 13.3. The SMILES string of the molecule is O=C(Nc1ccc(F)c(Cl)c1)N1CCC(Oc2cc(N3CCOCC3)ncn2)C1. The van der Waals surface area contributed by atoms with Crippen LogP contribution in [-0.2, 0) is 4.74 Å². The second-order valence-corrected chi connectivity index (χ2v) is 7.25. The minimum atomic E-state index is -0.527. The lowest BCUT2D eigenvalue weighted by molar-refractivity contribution is 0.122. The molecule has 1 atom stereocenters. The van der Waals surface area contributed by atoms with Crippen molar-refractivity contribution in [1.29, 1.82) is 0 Å². The van der Waals surface area contributed by atoms with E-state index in [4.69, 9.17) is 21.1 Å². The van der Waals surface area contributed by atoms with Crippen molar-refractivity contribution in [2.45, 2.75) is 12.5 Å². The number of urea groups is 1. The van der Waals surface area contributed by atoms with Gasteiger partial charge in [0.25, 0.3) is 0 Å². The number of benzene rings is 1. The number of carbonyl (C=O) groups is 1. The first-order valence-corrected chi connectivity index (χ1v) is 9.78. The number of rotatable bonds is 4. The maximum Gasteiger partial charge on any atom is 0.321 e. The molecule has 1 unspecified atom stereocenters. The molecule has 8 nitrogen and oxygen atoms in total. The molecule has 3 heterocycles. The number of amides is 2. The van der Waals surface area contributed by atoms with Crippen molar-refractivity contribution in [3.8, 4) is 5.88 Å². The van der Waals surface area contributed by atoms with Crippen LogP contribution in [0.4, 0.5) is 20.7 Å². The van der Waals surface area contributed by atoms with Crippen LogP contribution in [0.2, 0.25) is 5.02 Å². The maximum absolute atomic E-state index is 13.3. The van der Waals surface area contributed by atoms with Crippen molar-refractivity contribution in [2.24, 2.45) is 0 Å². The fourth-order valence-corrected chi connectivity index (χ4v) is 3.50. The van der Waals surface area contributed by atoms with Crippen LogP contribution in [0.25, 0.3) is 0 Å². The summed E-state index contributed by atoms with van der Waals surface area (Å²) in [7, 11) is 0. The van der Waals surface area contributed by atoms with E-state index in [0.29, 0.717) is 44.3 Å². The zero-order valence-electron chi connectivity index (χ0n) is 15.7. The number of halogens is 2. The fourth-order valence-electron chi connectivity index (χ4n) is 3.32. The lowest BCUT2D eigenvalue weighted by Crippen LogP contribution is -2.36. The van der Waals surface area contributed by atoms with Gasteiger partial charge in [-0.2, -0.15) is 0 Å². The molecule has 154 valence electrons. The Morgan fingerprint density at radius 1 is 1.24 bits per heavy atom. The number of hydrogen-bond donors (Lipinski definition) is 1. The van der Waals surface area contributed by atoms with Crippen LogP contribution in [0.1, 0.15) is 6.42 Å². The molecule has 0 saturated carbocycles. The molecule has 2 fully saturated rings. The van der Waals surface area contributed by atoms with Crippen molar-refractivity contribution in [1.82, 2.24) is 14.9 Å². The van der Waals surface area contributed by atoms with Crippen LogP contribution in [0.5, 0.6) is 5.88 Å². The van der Waals surface area contributed by atoms with Gasteiger partial charge in [-0.15, -0.1) is 0 Å². The van der Waals surface area contributed by atoms with Gasteiger partial charge in [0.2, 0.25) is 5.88 Å². The molecule has 4 rings (SSSR count). The Kier molecular flexibility index (Phi) is 5.96. The van der Waals surface area contributed by atoms with Crippen LogP contribution in [0.15, 0.2) is 30.6 Å². The molecule has 0 aliphatic carbocycles. The lowest BCUT2D eigenvalue weighted by atomic mass is 10.3. The summed E-state index contributed by atoms with van der Waals surface area (Å²) < 4.78 is 24.6. The monoisotopic (exact) mass is 421 g/mol. The van der Waals surface area contributed by atoms with Gasteiger partial charge in [-0.25, -0.2) is 19.2 Å². The van der Waals surface area contributed by atoms with Gasteiger partial charge in [0.05, 0.1) is 24.8 Å². The number of ether oxygens (including phenoxy) is 2. The molecule has 1 aromatic carbocycles. The molecule has 0 spiro atoms. The van der Waals surface area contributed by atoms with E-state index in [9.17, 15) is 9.18 Å². The Hall–Kier alpha value is -2.65. The molecule has 10 heteroatoms. The number of aromatic nitrogens is 2. The molecule has 1 N–H and O–H groups in total. The molecule has 2 aliphatic heterocycles. The summed E-state index contributed by atoms with van der Waals surface area (Å²) in [6, 6.07) is 5.60. The highest BCUT2D eigenvalue weighted by atomic mass is 35.5. The van der Waals surface area contributed by atoms with E-state index in [1.54, 1.807) is 4.90 Å². The second kappa shape index (κ2) is 8.79. The zero-order valence-corrected chi connectivity index (χ0v) is 16.4. The van der Waals surface area contributed by atoms with Gasteiger partial charge in [0, 0.05) is 37.8 Å². The predicted octanol–water partition coefficient (Wildman–Crippen LogP) is 2.79. The summed E-state index contributed by atoms with van der Waals surface area (Å²) >= 11 is 5.76. The van der Waals surface area contributed by atoms with Crippen LogP contribution in [0, 0.1) is 5.82 Å². The van der Waals surface area contributed by atoms with Crippen molar-refractivity contribution < 1.29 is 18.7 Å². The van der Waals surface area contributed by atoms with Crippen LogP contribution < -0.4 is 15.0 Å². The number of carbonyl (C=O) groups excluding carboxylic acids is 1. The predicted molar refractivity (Wildman–Crippen MR) is 106 cm³/mol. The summed E-state index contributed by atoms with van der Waals surface area (Å²) in [5, 5.41) is 2.69. The third-order valence-electron chi connectivity index (χ3n) is 4.85. The number of hydrogen-bond acceptors (Lipinski definition) is 6. The van der Waals surface area contributed by atoms with E-state index in [1.807, 2.05) is 6.07 Å². The van der Waals surface area contributed by atoms with Gasteiger partial charge >= 0.3 is 6.03 Å². The van der Waals surface area contributed by atoms with E-state index in [2.05, 4.69) is 20.2 Å². The van der Waals surface area contributed by atoms with E-state index >= 15 is 0 Å². The van der Waals surface area contributed by atoms with Crippen molar-refractivity contribution >= 4 is 29.1 Å². The number of morpholine rings is 1. The standard InChI is InChI=1S/C19H21ClFN5O3/c20-15-9-13(1-2-16(15)21)24-19(27)26-4-3-14(11-26)29-18-10-17(22-12-23-18)25-5-7-28-8-6-25/h1-2,9-10,12,14H,3-8,11H2,(H,24,27). The van der Waals surface area contributed by atoms with Crippen molar-refractivity contribution in [3.63, 3.8) is 0 Å². The van der Waals surface area contributed by atoms with E-state index < -0.39 is 5.82 Å². The highest BCUT2D eigenvalue weighted by Gasteiger charge is 2.28. The lowest BCUT2D eigenvalue weighted by Gasteiger charge is -2.27. The van der Waals surface area contributed by atoms with Crippen LogP contribution in [0.3, 0.4) is 0 Å². The molecule has 2 amide bonds. The first-order chi connectivity index (χ1) is 14.1. The quantitative estimate of drug-likeness (QED) is 0.817. The van der Waals surface area contributed by atoms with Gasteiger partial charge in [-0.05, 0) is 18.2 Å². The second-order valence-electron chi connectivity index (χ2n) is 6.85. The topological polar surface area (TPSA) is 79.8 Å². The third kappa shape index (κ3) is 4.86. The Morgan fingerprint density at radius 3 is 2.86 bits per heavy atom. The molecule has 0 bridgehead atoms. The normalized spacial score (nSPS) is 19.3. The largest absolute Gasteiger partial charge is 0.472 e. The highest BCUT2D eigenvalue weighted by molar-refractivity contribution is 6.31. The number of nitrogens with zero attached hydrogens (tertiary/aromatic N) is 4. The van der Waals surface area contributed by atoms with Gasteiger partial charge in [0.1, 0.15) is 24.1 Å². The molecule has 2 aliphatic rings. The Morgan fingerprint density at radius 2 is 2.07 bits per heavy atom. The Bertz CT molecular complexity index is 881. The van der Waals surface area contributed by atoms with Gasteiger partial charge in [-0.3, -0.25) is 0 Å². The Labute approximate surface area is 172 Å². The number of likely N-dealkylation sites (tertiary alicyclic amines) is 1. The minimum absolute atomic E-state index is 0.0368. The fraction of sp³-hybridized carbons (Fsp3) is 0.421. The molecule has 0 radical (unpaired) electrons.